The summed E-state index contributed by atoms with van der Waals surface area (Å²) in [5.74, 6) is -0.571. The monoisotopic (exact) mass is 327 g/mol. The van der Waals surface area contributed by atoms with E-state index in [2.05, 4.69) is 5.32 Å². The molecule has 5 heteroatoms. The molecule has 0 aliphatic heterocycles. The van der Waals surface area contributed by atoms with Crippen molar-refractivity contribution >= 4 is 11.9 Å². The Kier molecular flexibility index (Phi) is 5.95. The summed E-state index contributed by atoms with van der Waals surface area (Å²) >= 11 is 0. The van der Waals surface area contributed by atoms with E-state index < -0.39 is 5.97 Å². The van der Waals surface area contributed by atoms with Crippen LogP contribution in [-0.2, 0) is 16.0 Å². The predicted octanol–water partition coefficient (Wildman–Crippen LogP) is 2.88. The SMILES string of the molecule is Cc1ccccc1CC(=O)N[C@@H](C)c1ccc(OCC(=O)O)cc1. The fraction of sp³-hybridized carbons (Fsp3) is 0.263. The Hall–Kier alpha value is -2.82. The van der Waals surface area contributed by atoms with E-state index in [4.69, 9.17) is 9.84 Å². The molecule has 0 saturated carbocycles. The fourth-order valence-electron chi connectivity index (χ4n) is 2.36. The molecule has 0 saturated heterocycles. The highest BCUT2D eigenvalue weighted by Crippen LogP contribution is 2.18. The summed E-state index contributed by atoms with van der Waals surface area (Å²) in [7, 11) is 0. The summed E-state index contributed by atoms with van der Waals surface area (Å²) in [4.78, 5) is 22.7. The number of rotatable bonds is 7. The van der Waals surface area contributed by atoms with E-state index in [-0.39, 0.29) is 18.6 Å². The molecule has 1 atom stereocenters. The lowest BCUT2D eigenvalue weighted by molar-refractivity contribution is -0.139. The third-order valence-electron chi connectivity index (χ3n) is 3.73. The molecular weight excluding hydrogens is 306 g/mol. The fourth-order valence-corrected chi connectivity index (χ4v) is 2.36. The highest BCUT2D eigenvalue weighted by atomic mass is 16.5. The minimum absolute atomic E-state index is 0.0389. The first-order valence-electron chi connectivity index (χ1n) is 7.74. The van der Waals surface area contributed by atoms with Gasteiger partial charge in [-0.3, -0.25) is 4.79 Å². The minimum Gasteiger partial charge on any atom is -0.482 e. The number of carbonyl (C=O) groups is 2. The average molecular weight is 327 g/mol. The zero-order valence-corrected chi connectivity index (χ0v) is 13.8. The Morgan fingerprint density at radius 2 is 1.79 bits per heavy atom. The molecule has 0 spiro atoms. The number of hydrogen-bond acceptors (Lipinski definition) is 3. The summed E-state index contributed by atoms with van der Waals surface area (Å²) in [5.41, 5.74) is 3.04. The standard InChI is InChI=1S/C19H21NO4/c1-13-5-3-4-6-16(13)11-18(21)20-14(2)15-7-9-17(10-8-15)24-12-19(22)23/h3-10,14H,11-12H2,1-2H3,(H,20,21)(H,22,23)/t14-/m0/s1. The number of carbonyl (C=O) groups excluding carboxylic acids is 1. The van der Waals surface area contributed by atoms with Gasteiger partial charge in [-0.05, 0) is 42.7 Å². The van der Waals surface area contributed by atoms with Crippen LogP contribution < -0.4 is 10.1 Å². The molecule has 0 unspecified atom stereocenters. The van der Waals surface area contributed by atoms with Crippen molar-refractivity contribution in [3.05, 3.63) is 65.2 Å². The van der Waals surface area contributed by atoms with E-state index in [1.807, 2.05) is 50.2 Å². The predicted molar refractivity (Wildman–Crippen MR) is 91.0 cm³/mol. The van der Waals surface area contributed by atoms with Crippen LogP contribution in [-0.4, -0.2) is 23.6 Å². The van der Waals surface area contributed by atoms with Gasteiger partial charge in [0.2, 0.25) is 5.91 Å². The van der Waals surface area contributed by atoms with Gasteiger partial charge in [0.15, 0.2) is 6.61 Å². The first-order valence-corrected chi connectivity index (χ1v) is 7.74. The Bertz CT molecular complexity index is 710. The van der Waals surface area contributed by atoms with Crippen molar-refractivity contribution in [1.29, 1.82) is 0 Å². The molecule has 2 aromatic rings. The summed E-state index contributed by atoms with van der Waals surface area (Å²) in [5, 5.41) is 11.6. The molecule has 126 valence electrons. The molecule has 0 radical (unpaired) electrons. The van der Waals surface area contributed by atoms with E-state index >= 15 is 0 Å². The van der Waals surface area contributed by atoms with Gasteiger partial charge in [-0.15, -0.1) is 0 Å². The van der Waals surface area contributed by atoms with Crippen LogP contribution in [0.15, 0.2) is 48.5 Å². The van der Waals surface area contributed by atoms with Crippen molar-refractivity contribution in [1.82, 2.24) is 5.32 Å². The van der Waals surface area contributed by atoms with Gasteiger partial charge in [-0.25, -0.2) is 4.79 Å². The molecule has 0 aromatic heterocycles. The molecule has 0 aliphatic rings. The average Bonchev–Trinajstić information content (AvgIpc) is 2.55. The van der Waals surface area contributed by atoms with E-state index in [0.717, 1.165) is 16.7 Å². The zero-order chi connectivity index (χ0) is 17.5. The number of hydrogen-bond donors (Lipinski definition) is 2. The van der Waals surface area contributed by atoms with Crippen LogP contribution >= 0.6 is 0 Å². The number of nitrogens with one attached hydrogen (secondary N) is 1. The van der Waals surface area contributed by atoms with Gasteiger partial charge in [0.25, 0.3) is 0 Å². The molecule has 2 rings (SSSR count). The number of aliphatic carboxylic acids is 1. The Labute approximate surface area is 141 Å². The second kappa shape index (κ2) is 8.15. The lowest BCUT2D eigenvalue weighted by Crippen LogP contribution is -2.28. The first-order chi connectivity index (χ1) is 11.5. The topological polar surface area (TPSA) is 75.6 Å². The van der Waals surface area contributed by atoms with Crippen LogP contribution in [0.1, 0.15) is 29.7 Å². The third kappa shape index (κ3) is 5.12. The van der Waals surface area contributed by atoms with Crippen molar-refractivity contribution in [2.24, 2.45) is 0 Å². The highest BCUT2D eigenvalue weighted by molar-refractivity contribution is 5.79. The molecule has 2 aromatic carbocycles. The summed E-state index contributed by atoms with van der Waals surface area (Å²) in [6.45, 7) is 3.52. The Morgan fingerprint density at radius 3 is 2.42 bits per heavy atom. The largest absolute Gasteiger partial charge is 0.482 e. The molecule has 0 fully saturated rings. The van der Waals surface area contributed by atoms with E-state index in [1.54, 1.807) is 12.1 Å². The molecule has 5 nitrogen and oxygen atoms in total. The van der Waals surface area contributed by atoms with Crippen LogP contribution in [0.3, 0.4) is 0 Å². The van der Waals surface area contributed by atoms with Crippen LogP contribution in [0.25, 0.3) is 0 Å². The van der Waals surface area contributed by atoms with E-state index in [9.17, 15) is 9.59 Å². The zero-order valence-electron chi connectivity index (χ0n) is 13.8. The van der Waals surface area contributed by atoms with Crippen molar-refractivity contribution in [3.63, 3.8) is 0 Å². The normalized spacial score (nSPS) is 11.6. The van der Waals surface area contributed by atoms with E-state index in [0.29, 0.717) is 12.2 Å². The number of amides is 1. The number of ether oxygens (including phenoxy) is 1. The van der Waals surface area contributed by atoms with Gasteiger partial charge in [0.05, 0.1) is 12.5 Å². The summed E-state index contributed by atoms with van der Waals surface area (Å²) < 4.78 is 5.09. The minimum atomic E-state index is -1.02. The van der Waals surface area contributed by atoms with Gasteiger partial charge in [-0.2, -0.15) is 0 Å². The first kappa shape index (κ1) is 17.5. The van der Waals surface area contributed by atoms with E-state index in [1.165, 1.54) is 0 Å². The highest BCUT2D eigenvalue weighted by Gasteiger charge is 2.11. The lowest BCUT2D eigenvalue weighted by atomic mass is 10.0. The number of benzene rings is 2. The molecule has 24 heavy (non-hydrogen) atoms. The molecule has 1 amide bonds. The van der Waals surface area contributed by atoms with Crippen LogP contribution in [0.4, 0.5) is 0 Å². The van der Waals surface area contributed by atoms with Gasteiger partial charge in [-0.1, -0.05) is 36.4 Å². The third-order valence-corrected chi connectivity index (χ3v) is 3.73. The molecular formula is C19H21NO4. The molecule has 0 heterocycles. The van der Waals surface area contributed by atoms with Gasteiger partial charge < -0.3 is 15.2 Å². The Morgan fingerprint density at radius 1 is 1.12 bits per heavy atom. The maximum Gasteiger partial charge on any atom is 0.341 e. The number of carboxylic acids is 1. The van der Waals surface area contributed by atoms with Crippen molar-refractivity contribution in [3.8, 4) is 5.75 Å². The maximum atomic E-state index is 12.2. The lowest BCUT2D eigenvalue weighted by Gasteiger charge is -2.15. The summed E-state index contributed by atoms with van der Waals surface area (Å²) in [6, 6.07) is 14.7. The number of carboxylic acid groups (broad SMARTS) is 1. The summed E-state index contributed by atoms with van der Waals surface area (Å²) in [6.07, 6.45) is 0.344. The van der Waals surface area contributed by atoms with Gasteiger partial charge in [0, 0.05) is 0 Å². The molecule has 0 aliphatic carbocycles. The van der Waals surface area contributed by atoms with Crippen molar-refractivity contribution in [2.45, 2.75) is 26.3 Å². The van der Waals surface area contributed by atoms with Gasteiger partial charge >= 0.3 is 5.97 Å². The second-order valence-electron chi connectivity index (χ2n) is 5.64. The van der Waals surface area contributed by atoms with Crippen LogP contribution in [0, 0.1) is 6.92 Å². The second-order valence-corrected chi connectivity index (χ2v) is 5.64. The number of aryl methyl sites for hydroxylation is 1. The van der Waals surface area contributed by atoms with Crippen molar-refractivity contribution < 1.29 is 19.4 Å². The maximum absolute atomic E-state index is 12.2. The van der Waals surface area contributed by atoms with Crippen LogP contribution in [0.2, 0.25) is 0 Å². The Balaban J connectivity index is 1.91. The van der Waals surface area contributed by atoms with Crippen molar-refractivity contribution in [2.75, 3.05) is 6.61 Å². The smallest absolute Gasteiger partial charge is 0.341 e. The molecule has 2 N–H and O–H groups in total. The quantitative estimate of drug-likeness (QED) is 0.820. The van der Waals surface area contributed by atoms with Crippen LogP contribution in [0.5, 0.6) is 5.75 Å². The molecule has 0 bridgehead atoms. The van der Waals surface area contributed by atoms with Gasteiger partial charge in [0.1, 0.15) is 5.75 Å².